The predicted octanol–water partition coefficient (Wildman–Crippen LogP) is 3.87. The number of likely N-dealkylation sites (tertiary alicyclic amines) is 1. The van der Waals surface area contributed by atoms with Crippen molar-refractivity contribution in [1.82, 2.24) is 15.2 Å². The summed E-state index contributed by atoms with van der Waals surface area (Å²) in [7, 11) is 0. The largest absolute Gasteiger partial charge is 0.445 e. The molecule has 0 aliphatic carbocycles. The van der Waals surface area contributed by atoms with Gasteiger partial charge in [0.1, 0.15) is 12.3 Å². The quantitative estimate of drug-likeness (QED) is 0.264. The number of hydrogen-bond acceptors (Lipinski definition) is 7. The smallest absolute Gasteiger partial charge is 0.248 e. The van der Waals surface area contributed by atoms with Crippen LogP contribution in [0.25, 0.3) is 11.5 Å². The number of rotatable bonds is 13. The van der Waals surface area contributed by atoms with E-state index < -0.39 is 29.5 Å². The number of benzene rings is 2. The number of amides is 2. The van der Waals surface area contributed by atoms with Gasteiger partial charge in [0.2, 0.25) is 17.7 Å². The Balaban J connectivity index is 1.47. The van der Waals surface area contributed by atoms with Crippen LogP contribution in [0.1, 0.15) is 44.7 Å². The third kappa shape index (κ3) is 8.15. The lowest BCUT2D eigenvalue weighted by Crippen LogP contribution is -2.57. The summed E-state index contributed by atoms with van der Waals surface area (Å²) >= 11 is 0. The molecule has 2 aromatic carbocycles. The molecular formula is C33H42N4O5. The SMILES string of the molecule is C[C@H](N)C(=O)N[C@H](C(=O)N1CCC[C@H]1C=C[C@](C)(CO)Cc1cccc(-c2ncco2)c1)[C@@H](C)OCc1ccccc1. The molecule has 2 amide bonds. The Hall–Kier alpha value is -3.79. The Bertz CT molecular complexity index is 1330. The van der Waals surface area contributed by atoms with Gasteiger partial charge in [0.15, 0.2) is 0 Å². The molecular weight excluding hydrogens is 532 g/mol. The Morgan fingerprint density at radius 3 is 2.67 bits per heavy atom. The van der Waals surface area contributed by atoms with E-state index >= 15 is 0 Å². The number of carbonyl (C=O) groups excluding carboxylic acids is 2. The second kappa shape index (κ2) is 14.4. The number of nitrogens with one attached hydrogen (secondary N) is 1. The molecule has 0 radical (unpaired) electrons. The third-order valence-electron chi connectivity index (χ3n) is 7.68. The number of aromatic nitrogens is 1. The predicted molar refractivity (Wildman–Crippen MR) is 161 cm³/mol. The fourth-order valence-electron chi connectivity index (χ4n) is 5.17. The standard InChI is InChI=1S/C33H42N4O5/c1-23(34)30(39)36-29(24(2)42-21-25-9-5-4-6-10-25)32(40)37-17-8-13-28(37)14-15-33(3,22-38)20-26-11-7-12-27(19-26)31-35-16-18-41-31/h4-7,9-12,14-16,18-19,23-24,28-29,38H,8,13,17,20-22,34H2,1-3H3,(H,36,39)/t23-,24+,28-,29-,33-/m0/s1. The zero-order chi connectivity index (χ0) is 30.1. The monoisotopic (exact) mass is 574 g/mol. The molecule has 9 nitrogen and oxygen atoms in total. The van der Waals surface area contributed by atoms with Gasteiger partial charge in [-0.05, 0) is 56.4 Å². The summed E-state index contributed by atoms with van der Waals surface area (Å²) < 4.78 is 11.5. The van der Waals surface area contributed by atoms with Crippen molar-refractivity contribution >= 4 is 11.8 Å². The van der Waals surface area contributed by atoms with Crippen LogP contribution in [0.15, 0.2) is 83.6 Å². The maximum Gasteiger partial charge on any atom is 0.248 e. The number of nitrogens with zero attached hydrogens (tertiary/aromatic N) is 2. The van der Waals surface area contributed by atoms with E-state index in [1.807, 2.05) is 73.7 Å². The molecule has 5 atom stereocenters. The van der Waals surface area contributed by atoms with E-state index in [0.29, 0.717) is 25.5 Å². The molecule has 1 aromatic heterocycles. The molecule has 224 valence electrons. The van der Waals surface area contributed by atoms with E-state index in [-0.39, 0.29) is 18.6 Å². The molecule has 1 aliphatic heterocycles. The Labute approximate surface area is 247 Å². The highest BCUT2D eigenvalue weighted by atomic mass is 16.5. The van der Waals surface area contributed by atoms with E-state index in [1.54, 1.807) is 31.2 Å². The van der Waals surface area contributed by atoms with Crippen molar-refractivity contribution in [2.75, 3.05) is 13.2 Å². The number of oxazole rings is 1. The summed E-state index contributed by atoms with van der Waals surface area (Å²) in [4.78, 5) is 32.5. The maximum absolute atomic E-state index is 13.9. The number of ether oxygens (including phenoxy) is 1. The fourth-order valence-corrected chi connectivity index (χ4v) is 5.17. The van der Waals surface area contributed by atoms with Gasteiger partial charge in [0.25, 0.3) is 0 Å². The molecule has 1 saturated heterocycles. The van der Waals surface area contributed by atoms with Crippen molar-refractivity contribution in [2.45, 2.75) is 70.9 Å². The van der Waals surface area contributed by atoms with Crippen molar-refractivity contribution in [3.8, 4) is 11.5 Å². The van der Waals surface area contributed by atoms with Gasteiger partial charge in [-0.15, -0.1) is 0 Å². The maximum atomic E-state index is 13.9. The first-order valence-corrected chi connectivity index (χ1v) is 14.5. The van der Waals surface area contributed by atoms with E-state index in [1.165, 1.54) is 0 Å². The molecule has 1 aliphatic rings. The minimum absolute atomic E-state index is 0.0647. The van der Waals surface area contributed by atoms with E-state index in [2.05, 4.69) is 10.3 Å². The second-order valence-electron chi connectivity index (χ2n) is 11.4. The molecule has 0 saturated carbocycles. The Kier molecular flexibility index (Phi) is 10.7. The van der Waals surface area contributed by atoms with Crippen molar-refractivity contribution in [3.05, 3.63) is 90.3 Å². The second-order valence-corrected chi connectivity index (χ2v) is 11.4. The Morgan fingerprint density at radius 1 is 1.21 bits per heavy atom. The lowest BCUT2D eigenvalue weighted by atomic mass is 9.83. The molecule has 0 unspecified atom stereocenters. The van der Waals surface area contributed by atoms with Crippen molar-refractivity contribution in [2.24, 2.45) is 11.1 Å². The summed E-state index contributed by atoms with van der Waals surface area (Å²) in [6.07, 6.45) is 8.81. The number of hydrogen-bond donors (Lipinski definition) is 3. The fraction of sp³-hybridized carbons (Fsp3) is 0.424. The third-order valence-corrected chi connectivity index (χ3v) is 7.68. The zero-order valence-electron chi connectivity index (χ0n) is 24.6. The summed E-state index contributed by atoms with van der Waals surface area (Å²) in [5.74, 6) is -0.0680. The van der Waals surface area contributed by atoms with E-state index in [0.717, 1.165) is 29.5 Å². The highest BCUT2D eigenvalue weighted by Gasteiger charge is 2.37. The molecule has 3 aromatic rings. The number of nitrogens with two attached hydrogens (primary N) is 1. The van der Waals surface area contributed by atoms with Gasteiger partial charge in [-0.2, -0.15) is 0 Å². The van der Waals surface area contributed by atoms with E-state index in [9.17, 15) is 14.7 Å². The normalized spacial score (nSPS) is 18.9. The van der Waals surface area contributed by atoms with Crippen LogP contribution in [0.2, 0.25) is 0 Å². The van der Waals surface area contributed by atoms with Crippen LogP contribution in [0.4, 0.5) is 0 Å². The summed E-state index contributed by atoms with van der Waals surface area (Å²) in [6.45, 7) is 6.19. The van der Waals surface area contributed by atoms with Gasteiger partial charge in [-0.3, -0.25) is 9.59 Å². The van der Waals surface area contributed by atoms with Gasteiger partial charge in [-0.25, -0.2) is 4.98 Å². The molecule has 0 spiro atoms. The van der Waals surface area contributed by atoms with Crippen LogP contribution in [0.3, 0.4) is 0 Å². The van der Waals surface area contributed by atoms with Gasteiger partial charge < -0.3 is 30.2 Å². The molecule has 0 bridgehead atoms. The van der Waals surface area contributed by atoms with Crippen LogP contribution in [-0.4, -0.2) is 64.2 Å². The summed E-state index contributed by atoms with van der Waals surface area (Å²) in [5, 5.41) is 13.2. The van der Waals surface area contributed by atoms with Gasteiger partial charge in [0, 0.05) is 17.5 Å². The molecule has 2 heterocycles. The van der Waals surface area contributed by atoms with Gasteiger partial charge in [0.05, 0.1) is 37.6 Å². The van der Waals surface area contributed by atoms with Crippen LogP contribution < -0.4 is 11.1 Å². The molecule has 4 rings (SSSR count). The van der Waals surface area contributed by atoms with Gasteiger partial charge in [-0.1, -0.05) is 61.5 Å². The molecule has 4 N–H and O–H groups in total. The Morgan fingerprint density at radius 2 is 1.98 bits per heavy atom. The molecule has 1 fully saturated rings. The van der Waals surface area contributed by atoms with Crippen LogP contribution in [0, 0.1) is 5.41 Å². The van der Waals surface area contributed by atoms with Crippen LogP contribution in [-0.2, 0) is 27.4 Å². The van der Waals surface area contributed by atoms with Crippen molar-refractivity contribution in [3.63, 3.8) is 0 Å². The summed E-state index contributed by atoms with van der Waals surface area (Å²) in [6, 6.07) is 15.8. The number of aliphatic hydroxyl groups excluding tert-OH is 1. The van der Waals surface area contributed by atoms with Gasteiger partial charge >= 0.3 is 0 Å². The minimum atomic E-state index is -0.886. The van der Waals surface area contributed by atoms with Crippen molar-refractivity contribution < 1.29 is 23.8 Å². The first-order valence-electron chi connectivity index (χ1n) is 14.5. The first-order chi connectivity index (χ1) is 20.2. The average molecular weight is 575 g/mol. The number of carbonyl (C=O) groups is 2. The summed E-state index contributed by atoms with van der Waals surface area (Å²) in [5.41, 5.74) is 8.15. The number of aliphatic hydroxyl groups is 1. The first kappa shape index (κ1) is 31.2. The minimum Gasteiger partial charge on any atom is -0.445 e. The molecule has 42 heavy (non-hydrogen) atoms. The zero-order valence-corrected chi connectivity index (χ0v) is 24.6. The van der Waals surface area contributed by atoms with Crippen LogP contribution >= 0.6 is 0 Å². The highest BCUT2D eigenvalue weighted by molar-refractivity contribution is 5.90. The van der Waals surface area contributed by atoms with E-state index in [4.69, 9.17) is 14.9 Å². The highest BCUT2D eigenvalue weighted by Crippen LogP contribution is 2.29. The van der Waals surface area contributed by atoms with Crippen molar-refractivity contribution in [1.29, 1.82) is 0 Å². The topological polar surface area (TPSA) is 131 Å². The average Bonchev–Trinajstić information content (AvgIpc) is 3.71. The molecule has 9 heteroatoms. The van der Waals surface area contributed by atoms with Crippen LogP contribution in [0.5, 0.6) is 0 Å². The lowest BCUT2D eigenvalue weighted by molar-refractivity contribution is -0.141. The lowest BCUT2D eigenvalue weighted by Gasteiger charge is -2.32.